The molecule has 0 bridgehead atoms. The summed E-state index contributed by atoms with van der Waals surface area (Å²) in [5.74, 6) is -1.19. The van der Waals surface area contributed by atoms with Crippen LogP contribution in [0.5, 0.6) is 5.75 Å². The molecule has 0 amide bonds. The topological polar surface area (TPSA) is 92.7 Å². The van der Waals surface area contributed by atoms with E-state index in [2.05, 4.69) is 0 Å². The highest BCUT2D eigenvalue weighted by atomic mass is 16.5. The van der Waals surface area contributed by atoms with Gasteiger partial charge in [0.2, 0.25) is 0 Å². The molecule has 0 aliphatic heterocycles. The molecule has 0 saturated heterocycles. The number of aromatic carboxylic acids is 1. The van der Waals surface area contributed by atoms with Crippen molar-refractivity contribution in [3.63, 3.8) is 0 Å². The standard InChI is InChI=1S/C14H9NO5/c16-8-5-6-10-12(7-8)20-15(13(10)17)11-4-2-1-3-9(11)14(18)19/h1-7,16H,(H,18,19). The molecule has 0 radical (unpaired) electrons. The number of para-hydroxylation sites is 1. The van der Waals surface area contributed by atoms with Crippen LogP contribution in [0.4, 0.5) is 0 Å². The number of carboxylic acids is 1. The van der Waals surface area contributed by atoms with Gasteiger partial charge >= 0.3 is 5.97 Å². The second-order valence-corrected chi connectivity index (χ2v) is 4.19. The van der Waals surface area contributed by atoms with E-state index in [1.165, 1.54) is 30.3 Å². The highest BCUT2D eigenvalue weighted by Crippen LogP contribution is 2.21. The van der Waals surface area contributed by atoms with Crippen molar-refractivity contribution in [1.29, 1.82) is 0 Å². The normalized spacial score (nSPS) is 10.8. The summed E-state index contributed by atoms with van der Waals surface area (Å²) in [5, 5.41) is 18.8. The number of carbonyl (C=O) groups is 1. The summed E-state index contributed by atoms with van der Waals surface area (Å²) >= 11 is 0. The van der Waals surface area contributed by atoms with E-state index in [0.29, 0.717) is 0 Å². The molecule has 0 spiro atoms. The van der Waals surface area contributed by atoms with Crippen LogP contribution in [0.2, 0.25) is 0 Å². The van der Waals surface area contributed by atoms with E-state index in [1.807, 2.05) is 0 Å². The summed E-state index contributed by atoms with van der Waals surface area (Å²) in [5.41, 5.74) is -0.192. The third-order valence-corrected chi connectivity index (χ3v) is 2.92. The fourth-order valence-electron chi connectivity index (χ4n) is 2.00. The van der Waals surface area contributed by atoms with Crippen molar-refractivity contribution in [2.75, 3.05) is 0 Å². The average molecular weight is 271 g/mol. The number of carboxylic acid groups (broad SMARTS) is 1. The van der Waals surface area contributed by atoms with Crippen molar-refractivity contribution < 1.29 is 19.5 Å². The van der Waals surface area contributed by atoms with Gasteiger partial charge in [-0.1, -0.05) is 12.1 Å². The smallest absolute Gasteiger partial charge is 0.337 e. The molecule has 2 N–H and O–H groups in total. The quantitative estimate of drug-likeness (QED) is 0.743. The number of fused-ring (bicyclic) bond motifs is 1. The van der Waals surface area contributed by atoms with Gasteiger partial charge in [-0.25, -0.2) is 4.79 Å². The van der Waals surface area contributed by atoms with Crippen LogP contribution in [-0.2, 0) is 0 Å². The molecule has 6 heteroatoms. The summed E-state index contributed by atoms with van der Waals surface area (Å²) in [6, 6.07) is 10.1. The predicted molar refractivity (Wildman–Crippen MR) is 70.4 cm³/mol. The fraction of sp³-hybridized carbons (Fsp3) is 0. The third-order valence-electron chi connectivity index (χ3n) is 2.92. The molecule has 0 unspecified atom stereocenters. The number of phenolic OH excluding ortho intramolecular Hbond substituents is 1. The second kappa shape index (κ2) is 4.27. The van der Waals surface area contributed by atoms with Gasteiger partial charge in [0.05, 0.1) is 16.6 Å². The van der Waals surface area contributed by atoms with Crippen LogP contribution in [0.25, 0.3) is 16.7 Å². The lowest BCUT2D eigenvalue weighted by Gasteiger charge is -2.03. The van der Waals surface area contributed by atoms with Gasteiger partial charge in [0.15, 0.2) is 5.58 Å². The number of aromatic hydroxyl groups is 1. The number of nitrogens with zero attached hydrogens (tertiary/aromatic N) is 1. The molecule has 6 nitrogen and oxygen atoms in total. The van der Waals surface area contributed by atoms with E-state index in [0.717, 1.165) is 4.74 Å². The van der Waals surface area contributed by atoms with Crippen LogP contribution in [0.3, 0.4) is 0 Å². The van der Waals surface area contributed by atoms with E-state index in [-0.39, 0.29) is 28.0 Å². The van der Waals surface area contributed by atoms with E-state index in [1.54, 1.807) is 12.1 Å². The van der Waals surface area contributed by atoms with Crippen LogP contribution < -0.4 is 5.56 Å². The monoisotopic (exact) mass is 271 g/mol. The Labute approximate surface area is 112 Å². The minimum absolute atomic E-state index is 0.0371. The Morgan fingerprint density at radius 3 is 2.65 bits per heavy atom. The first-order valence-corrected chi connectivity index (χ1v) is 5.75. The zero-order valence-electron chi connectivity index (χ0n) is 10.1. The molecular weight excluding hydrogens is 262 g/mol. The van der Waals surface area contributed by atoms with Crippen molar-refractivity contribution in [2.24, 2.45) is 0 Å². The molecule has 3 rings (SSSR count). The maximum atomic E-state index is 12.2. The molecule has 100 valence electrons. The Balaban J connectivity index is 2.33. The van der Waals surface area contributed by atoms with Gasteiger partial charge in [0, 0.05) is 6.07 Å². The average Bonchev–Trinajstić information content (AvgIpc) is 2.75. The largest absolute Gasteiger partial charge is 0.508 e. The Morgan fingerprint density at radius 1 is 1.15 bits per heavy atom. The molecule has 1 aromatic heterocycles. The molecule has 0 aliphatic carbocycles. The van der Waals surface area contributed by atoms with Gasteiger partial charge in [-0.05, 0) is 24.3 Å². The Kier molecular flexibility index (Phi) is 2.57. The maximum absolute atomic E-state index is 12.2. The first-order chi connectivity index (χ1) is 9.58. The summed E-state index contributed by atoms with van der Waals surface area (Å²) in [6.45, 7) is 0. The maximum Gasteiger partial charge on any atom is 0.337 e. The second-order valence-electron chi connectivity index (χ2n) is 4.19. The molecule has 1 heterocycles. The minimum Gasteiger partial charge on any atom is -0.508 e. The van der Waals surface area contributed by atoms with Crippen molar-refractivity contribution in [1.82, 2.24) is 4.74 Å². The van der Waals surface area contributed by atoms with Gasteiger partial charge in [-0.3, -0.25) is 4.79 Å². The van der Waals surface area contributed by atoms with Crippen molar-refractivity contribution in [2.45, 2.75) is 0 Å². The molecule has 0 aliphatic rings. The lowest BCUT2D eigenvalue weighted by molar-refractivity contribution is 0.0695. The van der Waals surface area contributed by atoms with Crippen molar-refractivity contribution in [3.05, 3.63) is 58.4 Å². The third kappa shape index (κ3) is 1.74. The Morgan fingerprint density at radius 2 is 1.90 bits per heavy atom. The summed E-state index contributed by atoms with van der Waals surface area (Å²) < 4.78 is 6.25. The van der Waals surface area contributed by atoms with E-state index in [9.17, 15) is 14.7 Å². The van der Waals surface area contributed by atoms with Crippen molar-refractivity contribution >= 4 is 16.9 Å². The van der Waals surface area contributed by atoms with Crippen LogP contribution in [0, 0.1) is 0 Å². The van der Waals surface area contributed by atoms with Crippen LogP contribution in [-0.4, -0.2) is 20.9 Å². The molecular formula is C14H9NO5. The van der Waals surface area contributed by atoms with Crippen LogP contribution in [0.15, 0.2) is 51.8 Å². The number of phenols is 1. The van der Waals surface area contributed by atoms with E-state index >= 15 is 0 Å². The Hall–Kier alpha value is -3.02. The lowest BCUT2D eigenvalue weighted by Crippen LogP contribution is -2.15. The van der Waals surface area contributed by atoms with Crippen LogP contribution in [0.1, 0.15) is 10.4 Å². The SMILES string of the molecule is O=C(O)c1ccccc1-n1oc2cc(O)ccc2c1=O. The van der Waals surface area contributed by atoms with Gasteiger partial charge < -0.3 is 14.7 Å². The summed E-state index contributed by atoms with van der Waals surface area (Å²) in [4.78, 5) is 23.4. The van der Waals surface area contributed by atoms with Crippen LogP contribution >= 0.6 is 0 Å². The fourth-order valence-corrected chi connectivity index (χ4v) is 2.00. The zero-order valence-corrected chi connectivity index (χ0v) is 10.1. The zero-order chi connectivity index (χ0) is 14.3. The van der Waals surface area contributed by atoms with Gasteiger partial charge in [0.1, 0.15) is 5.75 Å². The van der Waals surface area contributed by atoms with E-state index in [4.69, 9.17) is 9.63 Å². The number of aromatic nitrogens is 1. The molecule has 2 aromatic carbocycles. The van der Waals surface area contributed by atoms with E-state index < -0.39 is 11.5 Å². The number of hydrogen-bond donors (Lipinski definition) is 2. The molecule has 3 aromatic rings. The first-order valence-electron chi connectivity index (χ1n) is 5.75. The number of benzene rings is 2. The minimum atomic E-state index is -1.16. The van der Waals surface area contributed by atoms with Gasteiger partial charge in [0.25, 0.3) is 5.56 Å². The Bertz CT molecular complexity index is 875. The number of hydrogen-bond acceptors (Lipinski definition) is 4. The highest BCUT2D eigenvalue weighted by molar-refractivity contribution is 5.92. The van der Waals surface area contributed by atoms with Crippen molar-refractivity contribution in [3.8, 4) is 11.4 Å². The molecule has 0 atom stereocenters. The number of rotatable bonds is 2. The van der Waals surface area contributed by atoms with Gasteiger partial charge in [-0.2, -0.15) is 0 Å². The summed E-state index contributed by atoms with van der Waals surface area (Å²) in [7, 11) is 0. The summed E-state index contributed by atoms with van der Waals surface area (Å²) in [6.07, 6.45) is 0. The highest BCUT2D eigenvalue weighted by Gasteiger charge is 2.17. The van der Waals surface area contributed by atoms with Gasteiger partial charge in [-0.15, -0.1) is 4.74 Å². The molecule has 20 heavy (non-hydrogen) atoms. The predicted octanol–water partition coefficient (Wildman–Crippen LogP) is 1.99. The molecule has 0 fully saturated rings. The molecule has 0 saturated carbocycles. The lowest BCUT2D eigenvalue weighted by atomic mass is 10.2. The first kappa shape index (κ1) is 12.0.